The number of aliphatic hydroxyl groups excluding tert-OH is 1. The molecule has 9 heavy (non-hydrogen) atoms. The Hall–Kier alpha value is -0.780. The molecule has 0 aliphatic heterocycles. The molecule has 0 heterocycles. The van der Waals surface area contributed by atoms with Gasteiger partial charge < -0.3 is 9.84 Å². The summed E-state index contributed by atoms with van der Waals surface area (Å²) in [5, 5.41) is 8.45. The van der Waals surface area contributed by atoms with Crippen molar-refractivity contribution in [1.82, 2.24) is 0 Å². The molecule has 50 valence electrons. The van der Waals surface area contributed by atoms with Crippen molar-refractivity contribution >= 4 is 0 Å². The second kappa shape index (κ2) is 5.36. The van der Waals surface area contributed by atoms with Crippen molar-refractivity contribution in [1.29, 1.82) is 0 Å². The fourth-order valence-corrected chi connectivity index (χ4v) is 0.338. The van der Waals surface area contributed by atoms with Gasteiger partial charge in [-0.3, -0.25) is 0 Å². The van der Waals surface area contributed by atoms with Crippen LogP contribution < -0.4 is 0 Å². The van der Waals surface area contributed by atoms with Crippen LogP contribution in [-0.2, 0) is 4.74 Å². The van der Waals surface area contributed by atoms with E-state index in [1.165, 1.54) is 0 Å². The monoisotopic (exact) mass is 126 g/mol. The molecule has 0 spiro atoms. The van der Waals surface area contributed by atoms with Crippen molar-refractivity contribution in [2.75, 3.05) is 13.2 Å². The van der Waals surface area contributed by atoms with Crippen LogP contribution in [0.3, 0.4) is 0 Å². The van der Waals surface area contributed by atoms with Crippen LogP contribution in [-0.4, -0.2) is 24.4 Å². The van der Waals surface area contributed by atoms with Gasteiger partial charge in [0.2, 0.25) is 0 Å². The van der Waals surface area contributed by atoms with Crippen molar-refractivity contribution < 1.29 is 9.84 Å². The molecule has 0 bridgehead atoms. The van der Waals surface area contributed by atoms with Crippen LogP contribution in [0.5, 0.6) is 0 Å². The topological polar surface area (TPSA) is 29.5 Å². The van der Waals surface area contributed by atoms with Crippen molar-refractivity contribution in [3.63, 3.8) is 0 Å². The Morgan fingerprint density at radius 3 is 2.89 bits per heavy atom. The highest BCUT2D eigenvalue weighted by Crippen LogP contribution is 1.86. The molecular formula is C7H10O2. The molecule has 2 heteroatoms. The number of aliphatic hydroxyl groups is 1. The molecule has 1 atom stereocenters. The second-order valence-corrected chi connectivity index (χ2v) is 1.46. The first kappa shape index (κ1) is 8.22. The van der Waals surface area contributed by atoms with Gasteiger partial charge in [0.15, 0.2) is 0 Å². The van der Waals surface area contributed by atoms with E-state index < -0.39 is 6.10 Å². The standard InChI is InChI=1S/C7H10O2/c1-3-5-9-7(4-2)6-8/h2-3,7-8H,1,5-6H2. The summed E-state index contributed by atoms with van der Waals surface area (Å²) in [6, 6.07) is 0. The van der Waals surface area contributed by atoms with Crippen LogP contribution in [0.25, 0.3) is 0 Å². The van der Waals surface area contributed by atoms with E-state index in [0.29, 0.717) is 6.61 Å². The zero-order valence-electron chi connectivity index (χ0n) is 5.21. The molecule has 0 aliphatic carbocycles. The lowest BCUT2D eigenvalue weighted by molar-refractivity contribution is 0.0663. The smallest absolute Gasteiger partial charge is 0.141 e. The van der Waals surface area contributed by atoms with E-state index in [4.69, 9.17) is 16.3 Å². The van der Waals surface area contributed by atoms with E-state index in [1.54, 1.807) is 6.08 Å². The highest BCUT2D eigenvalue weighted by atomic mass is 16.5. The molecule has 0 aromatic heterocycles. The molecule has 0 saturated carbocycles. The Labute approximate surface area is 55.1 Å². The van der Waals surface area contributed by atoms with Crippen LogP contribution in [0.4, 0.5) is 0 Å². The van der Waals surface area contributed by atoms with Crippen molar-refractivity contribution in [3.8, 4) is 12.3 Å². The Morgan fingerprint density at radius 2 is 2.56 bits per heavy atom. The van der Waals surface area contributed by atoms with Crippen LogP contribution >= 0.6 is 0 Å². The average Bonchev–Trinajstić information content (AvgIpc) is 1.91. The van der Waals surface area contributed by atoms with E-state index in [-0.39, 0.29) is 6.61 Å². The van der Waals surface area contributed by atoms with Crippen LogP contribution in [0.1, 0.15) is 0 Å². The van der Waals surface area contributed by atoms with Crippen LogP contribution in [0, 0.1) is 12.3 Å². The average molecular weight is 126 g/mol. The highest BCUT2D eigenvalue weighted by Gasteiger charge is 1.98. The third-order valence-electron chi connectivity index (χ3n) is 0.767. The van der Waals surface area contributed by atoms with E-state index in [9.17, 15) is 0 Å². The van der Waals surface area contributed by atoms with Gasteiger partial charge in [0.25, 0.3) is 0 Å². The molecule has 0 saturated heterocycles. The molecule has 0 aliphatic rings. The van der Waals surface area contributed by atoms with Crippen molar-refractivity contribution in [3.05, 3.63) is 12.7 Å². The summed E-state index contributed by atoms with van der Waals surface area (Å²) in [6.45, 7) is 3.68. The fraction of sp³-hybridized carbons (Fsp3) is 0.429. The molecule has 0 rings (SSSR count). The highest BCUT2D eigenvalue weighted by molar-refractivity contribution is 4.94. The Balaban J connectivity index is 3.34. The van der Waals surface area contributed by atoms with Gasteiger partial charge in [0, 0.05) is 0 Å². The number of terminal acetylenes is 1. The predicted octanol–water partition coefficient (Wildman–Crippen LogP) is 0.183. The lowest BCUT2D eigenvalue weighted by atomic mass is 10.4. The van der Waals surface area contributed by atoms with Gasteiger partial charge >= 0.3 is 0 Å². The Kier molecular flexibility index (Phi) is 4.89. The molecule has 1 N–H and O–H groups in total. The third kappa shape index (κ3) is 3.77. The predicted molar refractivity (Wildman–Crippen MR) is 35.9 cm³/mol. The Morgan fingerprint density at radius 1 is 1.89 bits per heavy atom. The minimum absolute atomic E-state index is 0.135. The third-order valence-corrected chi connectivity index (χ3v) is 0.767. The minimum atomic E-state index is -0.483. The maximum Gasteiger partial charge on any atom is 0.141 e. The molecule has 0 aromatic rings. The molecule has 0 fully saturated rings. The summed E-state index contributed by atoms with van der Waals surface area (Å²) in [7, 11) is 0. The first-order valence-corrected chi connectivity index (χ1v) is 2.64. The SMILES string of the molecule is C#CC(CO)OCC=C. The van der Waals surface area contributed by atoms with Gasteiger partial charge in [0.1, 0.15) is 6.10 Å². The van der Waals surface area contributed by atoms with Gasteiger partial charge in [0.05, 0.1) is 13.2 Å². The van der Waals surface area contributed by atoms with Gasteiger partial charge in [-0.05, 0) is 0 Å². The fourth-order valence-electron chi connectivity index (χ4n) is 0.338. The molecule has 0 radical (unpaired) electrons. The summed E-state index contributed by atoms with van der Waals surface area (Å²) in [6.07, 6.45) is 6.05. The van der Waals surface area contributed by atoms with Gasteiger partial charge in [-0.2, -0.15) is 0 Å². The van der Waals surface area contributed by atoms with Crippen molar-refractivity contribution in [2.45, 2.75) is 6.10 Å². The molecule has 2 nitrogen and oxygen atoms in total. The maximum absolute atomic E-state index is 8.45. The van der Waals surface area contributed by atoms with E-state index in [0.717, 1.165) is 0 Å². The van der Waals surface area contributed by atoms with E-state index in [2.05, 4.69) is 12.5 Å². The first-order valence-electron chi connectivity index (χ1n) is 2.64. The van der Waals surface area contributed by atoms with Gasteiger partial charge in [-0.25, -0.2) is 0 Å². The molecule has 0 amide bonds. The summed E-state index contributed by atoms with van der Waals surface area (Å²) < 4.78 is 4.89. The van der Waals surface area contributed by atoms with E-state index in [1.807, 2.05) is 0 Å². The number of hydrogen-bond donors (Lipinski definition) is 1. The van der Waals surface area contributed by atoms with Crippen molar-refractivity contribution in [2.24, 2.45) is 0 Å². The molecular weight excluding hydrogens is 116 g/mol. The zero-order valence-corrected chi connectivity index (χ0v) is 5.21. The summed E-state index contributed by atoms with van der Waals surface area (Å²) in [5.74, 6) is 2.27. The number of hydrogen-bond acceptors (Lipinski definition) is 2. The summed E-state index contributed by atoms with van der Waals surface area (Å²) >= 11 is 0. The minimum Gasteiger partial charge on any atom is -0.393 e. The van der Waals surface area contributed by atoms with Gasteiger partial charge in [-0.15, -0.1) is 13.0 Å². The second-order valence-electron chi connectivity index (χ2n) is 1.46. The van der Waals surface area contributed by atoms with Crippen LogP contribution in [0.2, 0.25) is 0 Å². The molecule has 0 aromatic carbocycles. The summed E-state index contributed by atoms with van der Waals surface area (Å²) in [5.41, 5.74) is 0. The van der Waals surface area contributed by atoms with Crippen LogP contribution in [0.15, 0.2) is 12.7 Å². The summed E-state index contributed by atoms with van der Waals surface area (Å²) in [4.78, 5) is 0. The number of ether oxygens (including phenoxy) is 1. The number of rotatable bonds is 4. The lowest BCUT2D eigenvalue weighted by Crippen LogP contribution is -2.14. The Bertz CT molecular complexity index is 113. The van der Waals surface area contributed by atoms with E-state index >= 15 is 0 Å². The quantitative estimate of drug-likeness (QED) is 0.430. The maximum atomic E-state index is 8.45. The lowest BCUT2D eigenvalue weighted by Gasteiger charge is -2.04. The zero-order chi connectivity index (χ0) is 7.11. The first-order chi connectivity index (χ1) is 4.35. The normalized spacial score (nSPS) is 12.0. The van der Waals surface area contributed by atoms with Gasteiger partial charge in [-0.1, -0.05) is 12.0 Å². The largest absolute Gasteiger partial charge is 0.393 e. The molecule has 1 unspecified atom stereocenters.